The summed E-state index contributed by atoms with van der Waals surface area (Å²) in [5.74, 6) is -1.96. The number of benzene rings is 1. The molecule has 0 unspecified atom stereocenters. The van der Waals surface area contributed by atoms with Gasteiger partial charge in [-0.3, -0.25) is 0 Å². The van der Waals surface area contributed by atoms with E-state index in [-0.39, 0.29) is 5.56 Å². The van der Waals surface area contributed by atoms with Crippen molar-refractivity contribution < 1.29 is 19.4 Å². The van der Waals surface area contributed by atoms with Crippen LogP contribution in [0.3, 0.4) is 0 Å². The normalized spacial score (nSPS) is 16.8. The summed E-state index contributed by atoms with van der Waals surface area (Å²) in [5.41, 5.74) is 5.59. The molecule has 1 atom stereocenters. The number of carboxylic acids is 1. The molecule has 0 heterocycles. The number of carbonyl (C=O) groups is 1. The smallest absolute Gasteiger partial charge is 0.339 e. The van der Waals surface area contributed by atoms with E-state index in [1.807, 2.05) is 0 Å². The molecule has 1 aliphatic rings. The number of hydrogen-bond acceptors (Lipinski definition) is 3. The molecule has 0 saturated heterocycles. The minimum absolute atomic E-state index is 0.175. The minimum Gasteiger partial charge on any atom is -0.507 e. The van der Waals surface area contributed by atoms with Crippen molar-refractivity contribution in [1.29, 1.82) is 0 Å². The van der Waals surface area contributed by atoms with E-state index in [0.29, 0.717) is 12.3 Å². The third-order valence-corrected chi connectivity index (χ3v) is 3.02. The lowest BCUT2D eigenvalue weighted by atomic mass is 9.98. The van der Waals surface area contributed by atoms with E-state index in [0.717, 1.165) is 25.0 Å². The van der Waals surface area contributed by atoms with E-state index in [4.69, 9.17) is 10.8 Å². The van der Waals surface area contributed by atoms with Gasteiger partial charge >= 0.3 is 5.97 Å². The Morgan fingerprint density at radius 3 is 2.71 bits per heavy atom. The van der Waals surface area contributed by atoms with E-state index < -0.39 is 29.1 Å². The van der Waals surface area contributed by atoms with Crippen LogP contribution < -0.4 is 5.73 Å². The van der Waals surface area contributed by atoms with Crippen LogP contribution in [0.25, 0.3) is 0 Å². The van der Waals surface area contributed by atoms with E-state index in [9.17, 15) is 14.3 Å². The van der Waals surface area contributed by atoms with Gasteiger partial charge in [-0.25, -0.2) is 9.18 Å². The van der Waals surface area contributed by atoms with Gasteiger partial charge in [0.2, 0.25) is 0 Å². The van der Waals surface area contributed by atoms with Gasteiger partial charge in [0.05, 0.1) is 0 Å². The fourth-order valence-corrected chi connectivity index (χ4v) is 1.91. The second kappa shape index (κ2) is 4.33. The van der Waals surface area contributed by atoms with E-state index >= 15 is 0 Å². The number of aromatic carboxylic acids is 1. The summed E-state index contributed by atoms with van der Waals surface area (Å²) in [7, 11) is 0. The largest absolute Gasteiger partial charge is 0.507 e. The maximum Gasteiger partial charge on any atom is 0.339 e. The van der Waals surface area contributed by atoms with Crippen molar-refractivity contribution in [2.45, 2.75) is 25.3 Å². The molecule has 2 rings (SSSR count). The second-order valence-corrected chi connectivity index (χ2v) is 4.48. The van der Waals surface area contributed by atoms with Gasteiger partial charge in [-0.15, -0.1) is 0 Å². The minimum atomic E-state index is -1.36. The molecule has 0 spiro atoms. The molecule has 0 aromatic heterocycles. The average Bonchev–Trinajstić information content (AvgIpc) is 3.04. The topological polar surface area (TPSA) is 83.6 Å². The van der Waals surface area contributed by atoms with Gasteiger partial charge in [-0.2, -0.15) is 0 Å². The van der Waals surface area contributed by atoms with E-state index in [2.05, 4.69) is 0 Å². The van der Waals surface area contributed by atoms with Gasteiger partial charge in [-0.05, 0) is 24.5 Å². The van der Waals surface area contributed by atoms with Crippen LogP contribution in [0.5, 0.6) is 5.75 Å². The van der Waals surface area contributed by atoms with Gasteiger partial charge in [-0.1, -0.05) is 12.8 Å². The first-order valence-electron chi connectivity index (χ1n) is 5.50. The lowest BCUT2D eigenvalue weighted by Gasteiger charge is -2.14. The molecule has 0 amide bonds. The van der Waals surface area contributed by atoms with Gasteiger partial charge in [0, 0.05) is 11.6 Å². The van der Waals surface area contributed by atoms with E-state index in [1.165, 1.54) is 0 Å². The maximum absolute atomic E-state index is 13.3. The molecule has 1 saturated carbocycles. The van der Waals surface area contributed by atoms with Crippen molar-refractivity contribution in [3.8, 4) is 5.75 Å². The van der Waals surface area contributed by atoms with Gasteiger partial charge < -0.3 is 15.9 Å². The van der Waals surface area contributed by atoms with E-state index in [1.54, 1.807) is 0 Å². The zero-order valence-corrected chi connectivity index (χ0v) is 9.19. The molecule has 4 nitrogen and oxygen atoms in total. The molecule has 1 aromatic carbocycles. The summed E-state index contributed by atoms with van der Waals surface area (Å²) in [4.78, 5) is 10.8. The van der Waals surface area contributed by atoms with Crippen molar-refractivity contribution in [1.82, 2.24) is 0 Å². The molecule has 0 radical (unpaired) electrons. The molecule has 5 heteroatoms. The van der Waals surface area contributed by atoms with Crippen molar-refractivity contribution in [3.63, 3.8) is 0 Å². The molecule has 1 aromatic rings. The Bertz CT molecular complexity index is 457. The highest BCUT2D eigenvalue weighted by atomic mass is 19.1. The average molecular weight is 239 g/mol. The monoisotopic (exact) mass is 239 g/mol. The lowest BCUT2D eigenvalue weighted by molar-refractivity contribution is 0.0693. The van der Waals surface area contributed by atoms with Gasteiger partial charge in [0.15, 0.2) is 0 Å². The molecule has 4 N–H and O–H groups in total. The van der Waals surface area contributed by atoms with Crippen molar-refractivity contribution >= 4 is 5.97 Å². The zero-order chi connectivity index (χ0) is 12.6. The highest BCUT2D eigenvalue weighted by molar-refractivity contribution is 5.91. The number of hydrogen-bond donors (Lipinski definition) is 3. The highest BCUT2D eigenvalue weighted by Crippen LogP contribution is 2.39. The number of rotatable bonds is 4. The summed E-state index contributed by atoms with van der Waals surface area (Å²) >= 11 is 0. The standard InChI is InChI=1S/C12H14FNO3/c13-7-4-8(10(14)3-6-1-2-6)11(15)9(5-7)12(16)17/h4-6,10,15H,1-3,14H2,(H,16,17)/t10-/m1/s1. The number of carboxylic acid groups (broad SMARTS) is 1. The SMILES string of the molecule is N[C@H](CC1CC1)c1cc(F)cc(C(=O)O)c1O. The third-order valence-electron chi connectivity index (χ3n) is 3.02. The van der Waals surface area contributed by atoms with Crippen LogP contribution in [0.4, 0.5) is 4.39 Å². The molecule has 1 aliphatic carbocycles. The fraction of sp³-hybridized carbons (Fsp3) is 0.417. The second-order valence-electron chi connectivity index (χ2n) is 4.48. The predicted octanol–water partition coefficient (Wildman–Crippen LogP) is 2.03. The highest BCUT2D eigenvalue weighted by Gasteiger charge is 2.27. The summed E-state index contributed by atoms with van der Waals surface area (Å²) in [6.07, 6.45) is 2.83. The van der Waals surface area contributed by atoms with Crippen LogP contribution >= 0.6 is 0 Å². The predicted molar refractivity (Wildman–Crippen MR) is 59.3 cm³/mol. The molecule has 92 valence electrons. The number of nitrogens with two attached hydrogens (primary N) is 1. The lowest BCUT2D eigenvalue weighted by Crippen LogP contribution is -2.13. The quantitative estimate of drug-likeness (QED) is 0.750. The first-order chi connectivity index (χ1) is 7.99. The Hall–Kier alpha value is -1.62. The summed E-state index contributed by atoms with van der Waals surface area (Å²) in [6.45, 7) is 0. The van der Waals surface area contributed by atoms with Crippen molar-refractivity contribution in [2.75, 3.05) is 0 Å². The van der Waals surface area contributed by atoms with Crippen LogP contribution in [0, 0.1) is 11.7 Å². The van der Waals surface area contributed by atoms with Gasteiger partial charge in [0.25, 0.3) is 0 Å². The Balaban J connectivity index is 2.34. The molecule has 17 heavy (non-hydrogen) atoms. The third kappa shape index (κ3) is 2.55. The zero-order valence-electron chi connectivity index (χ0n) is 9.19. The first kappa shape index (κ1) is 11.9. The van der Waals surface area contributed by atoms with Crippen molar-refractivity contribution in [2.24, 2.45) is 11.7 Å². The van der Waals surface area contributed by atoms with Crippen LogP contribution in [0.2, 0.25) is 0 Å². The van der Waals surface area contributed by atoms with Crippen LogP contribution in [0.1, 0.15) is 41.2 Å². The van der Waals surface area contributed by atoms with Crippen LogP contribution in [-0.2, 0) is 0 Å². The Morgan fingerprint density at radius 2 is 2.18 bits per heavy atom. The van der Waals surface area contributed by atoms with Crippen LogP contribution in [-0.4, -0.2) is 16.2 Å². The Labute approximate surface area is 97.9 Å². The first-order valence-corrected chi connectivity index (χ1v) is 5.50. The summed E-state index contributed by atoms with van der Waals surface area (Å²) < 4.78 is 13.3. The van der Waals surface area contributed by atoms with Gasteiger partial charge in [0.1, 0.15) is 17.1 Å². The number of phenols is 1. The Kier molecular flexibility index (Phi) is 3.02. The maximum atomic E-state index is 13.3. The molecule has 0 aliphatic heterocycles. The molecular formula is C12H14FNO3. The van der Waals surface area contributed by atoms with Crippen LogP contribution in [0.15, 0.2) is 12.1 Å². The molecular weight excluding hydrogens is 225 g/mol. The molecule has 1 fully saturated rings. The summed E-state index contributed by atoms with van der Waals surface area (Å²) in [5, 5.41) is 18.6. The van der Waals surface area contributed by atoms with Crippen molar-refractivity contribution in [3.05, 3.63) is 29.1 Å². The number of aromatic hydroxyl groups is 1. The fourth-order valence-electron chi connectivity index (χ4n) is 1.91. The number of halogens is 1. The molecule has 0 bridgehead atoms. The summed E-state index contributed by atoms with van der Waals surface area (Å²) in [6, 6.07) is 1.39. The Morgan fingerprint density at radius 1 is 1.53 bits per heavy atom.